The number of nitrogens with one attached hydrogen (secondary N) is 1. The monoisotopic (exact) mass is 450 g/mol. The molecule has 1 heterocycles. The zero-order valence-corrected chi connectivity index (χ0v) is 17.3. The van der Waals surface area contributed by atoms with Crippen LogP contribution < -0.4 is 4.72 Å². The minimum absolute atomic E-state index is 0.0291. The van der Waals surface area contributed by atoms with Crippen molar-refractivity contribution >= 4 is 67.3 Å². The molecule has 9 heteroatoms. The number of hydrogen-bond donors (Lipinski definition) is 1. The number of aromatic nitrogens is 1. The van der Waals surface area contributed by atoms with Crippen LogP contribution in [0, 0.1) is 0 Å². The maximum absolute atomic E-state index is 12.8. The highest BCUT2D eigenvalue weighted by atomic mass is 35.6. The number of alkyl halides is 3. The Morgan fingerprint density at radius 2 is 1.65 bits per heavy atom. The van der Waals surface area contributed by atoms with Gasteiger partial charge in [0.1, 0.15) is 0 Å². The van der Waals surface area contributed by atoms with Gasteiger partial charge in [0, 0.05) is 29.2 Å². The number of aryl methyl sites for hydroxylation is 1. The van der Waals surface area contributed by atoms with Crippen LogP contribution in [-0.2, 0) is 17.1 Å². The summed E-state index contributed by atoms with van der Waals surface area (Å²) < 4.78 is 28.0. The minimum atomic E-state index is -3.94. The molecule has 2 aromatic carbocycles. The highest BCUT2D eigenvalue weighted by molar-refractivity contribution is 7.89. The summed E-state index contributed by atoms with van der Waals surface area (Å²) in [7, 11) is -2.10. The summed E-state index contributed by atoms with van der Waals surface area (Å²) in [6.45, 7) is 0. The zero-order valence-electron chi connectivity index (χ0n) is 13.5. The summed E-state index contributed by atoms with van der Waals surface area (Å²) in [6.07, 6.45) is 1.75. The number of nitrogens with zero attached hydrogens (tertiary/aromatic N) is 1. The average Bonchev–Trinajstić information content (AvgIpc) is 2.89. The van der Waals surface area contributed by atoms with E-state index in [1.165, 1.54) is 24.3 Å². The van der Waals surface area contributed by atoms with Gasteiger partial charge in [0.25, 0.3) is 0 Å². The van der Waals surface area contributed by atoms with Crippen molar-refractivity contribution in [1.82, 2.24) is 9.29 Å². The van der Waals surface area contributed by atoms with Crippen LogP contribution in [0.3, 0.4) is 0 Å². The predicted octanol–water partition coefficient (Wildman–Crippen LogP) is 5.22. The van der Waals surface area contributed by atoms with Crippen LogP contribution in [-0.4, -0.2) is 16.8 Å². The maximum Gasteiger partial charge on any atom is 0.241 e. The van der Waals surface area contributed by atoms with Crippen LogP contribution >= 0.6 is 46.4 Å². The molecule has 1 aromatic heterocycles. The molecule has 0 saturated heterocycles. The van der Waals surface area contributed by atoms with Crippen molar-refractivity contribution in [3.8, 4) is 0 Å². The zero-order chi connectivity index (χ0) is 19.1. The van der Waals surface area contributed by atoms with Crippen molar-refractivity contribution in [3.63, 3.8) is 0 Å². The fourth-order valence-corrected chi connectivity index (χ4v) is 4.83. The van der Waals surface area contributed by atoms with Crippen LogP contribution in [0.25, 0.3) is 10.9 Å². The van der Waals surface area contributed by atoms with E-state index in [-0.39, 0.29) is 4.90 Å². The molecule has 0 aliphatic rings. The predicted molar refractivity (Wildman–Crippen MR) is 108 cm³/mol. The number of hydrogen-bond acceptors (Lipinski definition) is 2. The number of fused-ring (bicyclic) bond motifs is 1. The van der Waals surface area contributed by atoms with Gasteiger partial charge in [0.05, 0.1) is 10.9 Å². The topological polar surface area (TPSA) is 51.1 Å². The van der Waals surface area contributed by atoms with E-state index in [4.69, 9.17) is 46.4 Å². The summed E-state index contributed by atoms with van der Waals surface area (Å²) in [5, 5.41) is 1.22. The van der Waals surface area contributed by atoms with Gasteiger partial charge in [-0.2, -0.15) is 4.72 Å². The van der Waals surface area contributed by atoms with Gasteiger partial charge >= 0.3 is 0 Å². The molecule has 138 valence electrons. The molecule has 1 N–H and O–H groups in total. The molecular weight excluding hydrogens is 438 g/mol. The number of sulfonamides is 1. The number of para-hydroxylation sites is 1. The Labute approximate surface area is 171 Å². The quantitative estimate of drug-likeness (QED) is 0.552. The van der Waals surface area contributed by atoms with E-state index in [2.05, 4.69) is 4.72 Å². The molecule has 0 radical (unpaired) electrons. The lowest BCUT2D eigenvalue weighted by molar-refractivity contribution is 0.559. The van der Waals surface area contributed by atoms with Gasteiger partial charge in [0.15, 0.2) is 0 Å². The molecule has 0 fully saturated rings. The van der Waals surface area contributed by atoms with Crippen molar-refractivity contribution in [3.05, 3.63) is 65.3 Å². The van der Waals surface area contributed by atoms with E-state index in [0.29, 0.717) is 10.6 Å². The molecule has 0 unspecified atom stereocenters. The normalized spacial score (nSPS) is 13.9. The van der Waals surface area contributed by atoms with Crippen LogP contribution in [0.1, 0.15) is 11.6 Å². The smallest absolute Gasteiger partial charge is 0.241 e. The standard InChI is InChI=1S/C17H14Cl4N2O2S/c1-23-10-14(13-4-2-3-5-15(13)23)16(17(19,20)21)22-26(24,25)12-8-6-11(18)7-9-12/h2-10,16,22H,1H3/t16-/m1/s1. The first kappa shape index (κ1) is 19.8. The Hall–Kier alpha value is -0.950. The van der Waals surface area contributed by atoms with E-state index in [1.807, 2.05) is 35.9 Å². The molecule has 3 rings (SSSR count). The lowest BCUT2D eigenvalue weighted by Crippen LogP contribution is -2.36. The third-order valence-electron chi connectivity index (χ3n) is 3.96. The van der Waals surface area contributed by atoms with Crippen LogP contribution in [0.5, 0.6) is 0 Å². The first-order valence-electron chi connectivity index (χ1n) is 7.48. The van der Waals surface area contributed by atoms with Crippen molar-refractivity contribution in [2.24, 2.45) is 7.05 Å². The molecule has 0 amide bonds. The van der Waals surface area contributed by atoms with Gasteiger partial charge in [-0.05, 0) is 35.9 Å². The lowest BCUT2D eigenvalue weighted by Gasteiger charge is -2.25. The SMILES string of the molecule is Cn1cc([C@@H](NS(=O)(=O)c2ccc(Cl)cc2)C(Cl)(Cl)Cl)c2ccccc21. The third kappa shape index (κ3) is 3.98. The Morgan fingerprint density at radius 3 is 2.27 bits per heavy atom. The molecule has 4 nitrogen and oxygen atoms in total. The highest BCUT2D eigenvalue weighted by Gasteiger charge is 2.39. The van der Waals surface area contributed by atoms with Gasteiger partial charge < -0.3 is 4.57 Å². The van der Waals surface area contributed by atoms with Gasteiger partial charge in [-0.3, -0.25) is 0 Å². The first-order chi connectivity index (χ1) is 12.1. The molecular formula is C17H14Cl4N2O2S. The van der Waals surface area contributed by atoms with Gasteiger partial charge in [-0.15, -0.1) is 0 Å². The molecule has 0 aliphatic heterocycles. The van der Waals surface area contributed by atoms with Gasteiger partial charge in [0.2, 0.25) is 13.8 Å². The Bertz CT molecular complexity index is 1040. The third-order valence-corrected chi connectivity index (χ3v) is 6.31. The van der Waals surface area contributed by atoms with E-state index < -0.39 is 19.9 Å². The average molecular weight is 452 g/mol. The number of rotatable bonds is 4. The van der Waals surface area contributed by atoms with E-state index in [1.54, 1.807) is 6.20 Å². The summed E-state index contributed by atoms with van der Waals surface area (Å²) in [6, 6.07) is 12.2. The van der Waals surface area contributed by atoms with Gasteiger partial charge in [-0.1, -0.05) is 64.6 Å². The highest BCUT2D eigenvalue weighted by Crippen LogP contribution is 2.43. The van der Waals surface area contributed by atoms with Gasteiger partial charge in [-0.25, -0.2) is 8.42 Å². The summed E-state index contributed by atoms with van der Waals surface area (Å²) >= 11 is 24.2. The summed E-state index contributed by atoms with van der Waals surface area (Å²) in [5.74, 6) is 0. The molecule has 0 bridgehead atoms. The number of halogens is 4. The maximum atomic E-state index is 12.8. The fraction of sp³-hybridized carbons (Fsp3) is 0.176. The lowest BCUT2D eigenvalue weighted by atomic mass is 10.1. The Kier molecular flexibility index (Phi) is 5.50. The Morgan fingerprint density at radius 1 is 1.04 bits per heavy atom. The second kappa shape index (κ2) is 7.23. The van der Waals surface area contributed by atoms with Crippen LogP contribution in [0.15, 0.2) is 59.6 Å². The van der Waals surface area contributed by atoms with E-state index in [9.17, 15) is 8.42 Å². The van der Waals surface area contributed by atoms with Crippen molar-refractivity contribution in [2.45, 2.75) is 14.7 Å². The Balaban J connectivity index is 2.08. The largest absolute Gasteiger partial charge is 0.350 e. The second-order valence-corrected chi connectivity index (χ2v) is 10.3. The molecule has 3 aromatic rings. The molecule has 1 atom stereocenters. The van der Waals surface area contributed by atoms with Crippen molar-refractivity contribution in [2.75, 3.05) is 0 Å². The molecule has 0 spiro atoms. The first-order valence-corrected chi connectivity index (χ1v) is 10.5. The van der Waals surface area contributed by atoms with Crippen molar-refractivity contribution < 1.29 is 8.42 Å². The summed E-state index contributed by atoms with van der Waals surface area (Å²) in [5.41, 5.74) is 1.47. The molecule has 26 heavy (non-hydrogen) atoms. The molecule has 0 aliphatic carbocycles. The van der Waals surface area contributed by atoms with Crippen LogP contribution in [0.2, 0.25) is 5.02 Å². The minimum Gasteiger partial charge on any atom is -0.350 e. The van der Waals surface area contributed by atoms with E-state index in [0.717, 1.165) is 10.9 Å². The fourth-order valence-electron chi connectivity index (χ4n) is 2.75. The summed E-state index contributed by atoms with van der Waals surface area (Å²) in [4.78, 5) is 0.0291. The second-order valence-electron chi connectivity index (χ2n) is 5.76. The van der Waals surface area contributed by atoms with Crippen LogP contribution in [0.4, 0.5) is 0 Å². The number of benzene rings is 2. The van der Waals surface area contributed by atoms with E-state index >= 15 is 0 Å². The molecule has 0 saturated carbocycles. The van der Waals surface area contributed by atoms with Crippen molar-refractivity contribution in [1.29, 1.82) is 0 Å².